The predicted octanol–water partition coefficient (Wildman–Crippen LogP) is 8.58. The molecule has 708 valence electrons. The third-order valence-corrected chi connectivity index (χ3v) is 32.0. The molecule has 3 saturated heterocycles. The number of aromatic nitrogens is 1. The summed E-state index contributed by atoms with van der Waals surface area (Å²) in [6, 6.07) is 8.64. The third-order valence-electron chi connectivity index (χ3n) is 29.6. The maximum atomic E-state index is 15.8. The second kappa shape index (κ2) is 44.6. The summed E-state index contributed by atoms with van der Waals surface area (Å²) in [6.45, 7) is 17.0. The first kappa shape index (κ1) is 98.4. The van der Waals surface area contributed by atoms with Crippen LogP contribution in [0.4, 0.5) is 4.79 Å². The molecule has 0 radical (unpaired) electrons. The number of amides is 11. The molecule has 31 heteroatoms. The Morgan fingerprint density at radius 3 is 2.18 bits per heavy atom. The van der Waals surface area contributed by atoms with Crippen molar-refractivity contribution in [2.75, 3.05) is 37.7 Å². The van der Waals surface area contributed by atoms with E-state index >= 15 is 33.6 Å². The number of benzene rings is 3. The predicted molar refractivity (Wildman–Crippen MR) is 503 cm³/mol. The summed E-state index contributed by atoms with van der Waals surface area (Å²) < 4.78 is 7.95. The van der Waals surface area contributed by atoms with Gasteiger partial charge in [0.05, 0.1) is 30.8 Å². The van der Waals surface area contributed by atoms with E-state index in [1.165, 1.54) is 74.5 Å². The van der Waals surface area contributed by atoms with Crippen LogP contribution in [0.5, 0.6) is 5.75 Å². The number of hydrogen-bond donors (Lipinski definition) is 13. The Labute approximate surface area is 777 Å². The Balaban J connectivity index is 0.750. The molecular weight excluding hydrogens is 1700 g/mol. The quantitative estimate of drug-likeness (QED) is 0.0109. The van der Waals surface area contributed by atoms with Crippen molar-refractivity contribution in [1.29, 1.82) is 0 Å². The summed E-state index contributed by atoms with van der Waals surface area (Å²) >= 11 is 0. The van der Waals surface area contributed by atoms with Gasteiger partial charge >= 0.3 is 6.09 Å². The zero-order valence-electron chi connectivity index (χ0n) is 77.3. The van der Waals surface area contributed by atoms with Crippen LogP contribution in [0.2, 0.25) is 0 Å². The number of aromatic hydroxyl groups is 1. The van der Waals surface area contributed by atoms with E-state index in [1.54, 1.807) is 73.2 Å². The first-order valence-corrected chi connectivity index (χ1v) is 50.1. The number of nitrogens with two attached hydrogens (primary N) is 1. The van der Waals surface area contributed by atoms with E-state index in [4.69, 9.17) is 10.5 Å². The molecular formula is C100H137N14O15S2+. The Morgan fingerprint density at radius 2 is 1.43 bits per heavy atom. The van der Waals surface area contributed by atoms with Crippen LogP contribution < -0.4 is 63.5 Å². The zero-order chi connectivity index (χ0) is 93.5. The van der Waals surface area contributed by atoms with Gasteiger partial charge in [-0.15, -0.1) is 0 Å². The molecule has 21 unspecified atom stereocenters. The van der Waals surface area contributed by atoms with Crippen LogP contribution in [0.25, 0.3) is 10.8 Å². The van der Waals surface area contributed by atoms with Crippen molar-refractivity contribution in [2.45, 2.75) is 269 Å². The highest BCUT2D eigenvalue weighted by molar-refractivity contribution is 8.76. The smallest absolute Gasteiger partial charge is 0.407 e. The monoisotopic (exact) mass is 1840 g/mol. The number of ether oxygens (including phenoxy) is 1. The van der Waals surface area contributed by atoms with Gasteiger partial charge in [0.2, 0.25) is 53.2 Å². The lowest BCUT2D eigenvalue weighted by atomic mass is 9.47. The van der Waals surface area contributed by atoms with Gasteiger partial charge in [0.1, 0.15) is 72.8 Å². The molecule has 0 bridgehead atoms. The van der Waals surface area contributed by atoms with Gasteiger partial charge < -0.3 is 78.3 Å². The summed E-state index contributed by atoms with van der Waals surface area (Å²) in [4.78, 5) is 181. The summed E-state index contributed by atoms with van der Waals surface area (Å²) in [5.74, 6) is -5.68. The first-order chi connectivity index (χ1) is 62.7. The van der Waals surface area contributed by atoms with Gasteiger partial charge in [-0.1, -0.05) is 180 Å². The number of pyridine rings is 1. The van der Waals surface area contributed by atoms with Crippen LogP contribution in [0.15, 0.2) is 139 Å². The highest BCUT2D eigenvalue weighted by atomic mass is 33.1. The van der Waals surface area contributed by atoms with E-state index in [9.17, 15) is 34.2 Å². The first-order valence-electron chi connectivity index (χ1n) is 47.6. The summed E-state index contributed by atoms with van der Waals surface area (Å²) in [6.07, 6.45) is 27.5. The zero-order valence-corrected chi connectivity index (χ0v) is 78.9. The number of aliphatic hydroxyl groups excluding tert-OH is 1. The van der Waals surface area contributed by atoms with E-state index in [-0.39, 0.29) is 91.8 Å². The number of nitrogens with zero attached hydrogens (tertiary/aromatic N) is 3. The van der Waals surface area contributed by atoms with Gasteiger partial charge in [-0.2, -0.15) is 0 Å². The molecule has 131 heavy (non-hydrogen) atoms. The molecule has 6 fully saturated rings. The fraction of sp³-hybridized carbons (Fsp3) is 0.590. The normalized spacial score (nSPS) is 29.3. The van der Waals surface area contributed by atoms with Crippen LogP contribution in [0, 0.1) is 58.2 Å². The Kier molecular flexibility index (Phi) is 33.5. The number of rotatable bonds is 28. The maximum absolute atomic E-state index is 15.8. The van der Waals surface area contributed by atoms with Crippen molar-refractivity contribution < 1.29 is 77.1 Å². The average Bonchev–Trinajstić information content (AvgIpc) is 1.69. The Bertz CT molecular complexity index is 4950. The van der Waals surface area contributed by atoms with Crippen LogP contribution >= 0.6 is 21.6 Å². The van der Waals surface area contributed by atoms with Crippen molar-refractivity contribution >= 4 is 103 Å². The van der Waals surface area contributed by atoms with Crippen molar-refractivity contribution in [1.82, 2.24) is 63.0 Å². The van der Waals surface area contributed by atoms with Crippen molar-refractivity contribution in [3.05, 3.63) is 156 Å². The number of fused-ring (bicyclic) bond motifs is 7. The lowest BCUT2D eigenvalue weighted by molar-refractivity contribution is -0.671. The number of nitrogens with one attached hydrogen (secondary N) is 10. The number of primary amides is 1. The number of aryl methyl sites for hydroxylation is 1. The number of hydrogen-bond acceptors (Lipinski definition) is 19. The molecule has 4 aromatic rings. The molecule has 0 spiro atoms. The van der Waals surface area contributed by atoms with Gasteiger partial charge in [-0.3, -0.25) is 58.1 Å². The molecule has 3 saturated carbocycles. The average molecular weight is 1840 g/mol. The molecule has 3 aromatic carbocycles. The minimum Gasteiger partial charge on any atom is -0.508 e. The fourth-order valence-corrected chi connectivity index (χ4v) is 24.7. The van der Waals surface area contributed by atoms with E-state index in [0.717, 1.165) is 80.9 Å². The van der Waals surface area contributed by atoms with Gasteiger partial charge in [0.25, 0.3) is 5.91 Å². The van der Waals surface area contributed by atoms with Crippen molar-refractivity contribution in [2.24, 2.45) is 71.0 Å². The number of aliphatic hydroxyl groups is 1. The molecule has 14 N–H and O–H groups in total. The number of ketones is 1. The summed E-state index contributed by atoms with van der Waals surface area (Å²) in [5.41, 5.74) is 9.75. The Hall–Kier alpha value is -10.1. The molecule has 29 nitrogen and oxygen atoms in total. The molecule has 4 aliphatic heterocycles. The SMILES string of the molecule is CC(C)CCCC(C)C1CCC2C3CC=C4CC(OC(=O)NCCCCC5NCC(=O)C(CC6=CNC7C=CC=CC67)NC(=O)C(Cc6ccc(O)cc6)NC(=O)C(NC(=O)C(Cc6ccc7ccccc7c6)NC(=O)C6CCCN6C(=O)C6CCCN6C(=O)c6ccc[n+](C)c6)CSSCC(C(=O)NC(C(N)=O)C(C)O)NC(=O)C(C(C)C)NC5=O)CCC4(C)C3CCC12C. The molecule has 11 amide bonds. The van der Waals surface area contributed by atoms with Crippen molar-refractivity contribution in [3.8, 4) is 5.75 Å². The summed E-state index contributed by atoms with van der Waals surface area (Å²) in [5, 5.41) is 52.3. The number of phenols is 1. The van der Waals surface area contributed by atoms with E-state index in [2.05, 4.69) is 93.9 Å². The number of Topliss-reactive ketones (excluding diaryl/α,β-unsaturated/α-hetero) is 1. The number of alkyl carbamates (subject to hydrolysis) is 1. The third kappa shape index (κ3) is 24.3. The fourth-order valence-electron chi connectivity index (χ4n) is 22.3. The van der Waals surface area contributed by atoms with E-state index in [1.807, 2.05) is 66.8 Å². The molecule has 1 aromatic heterocycles. The number of phenolic OH excluding ortho intramolecular Hbond substituents is 1. The molecule has 13 rings (SSSR count). The second-order valence-corrected chi connectivity index (χ2v) is 41.9. The molecule has 5 heterocycles. The minimum absolute atomic E-state index is 0.0497. The van der Waals surface area contributed by atoms with Gasteiger partial charge in [-0.25, -0.2) is 9.36 Å². The lowest BCUT2D eigenvalue weighted by Crippen LogP contribution is -2.61. The number of carbonyl (C=O) groups is 12. The van der Waals surface area contributed by atoms with Gasteiger partial charge in [0, 0.05) is 62.4 Å². The number of carbonyl (C=O) groups excluding carboxylic acids is 12. The van der Waals surface area contributed by atoms with Crippen LogP contribution in [0.1, 0.15) is 199 Å². The van der Waals surface area contributed by atoms with E-state index in [0.29, 0.717) is 79.0 Å². The topological polar surface area (TPSA) is 411 Å². The number of unbranched alkanes of at least 4 members (excludes halogenated alkanes) is 1. The molecule has 9 aliphatic rings. The summed E-state index contributed by atoms with van der Waals surface area (Å²) in [7, 11) is 3.70. The molecule has 5 aliphatic carbocycles. The highest BCUT2D eigenvalue weighted by Crippen LogP contribution is 2.67. The van der Waals surface area contributed by atoms with E-state index < -0.39 is 144 Å². The van der Waals surface area contributed by atoms with Crippen LogP contribution in [0.3, 0.4) is 0 Å². The van der Waals surface area contributed by atoms with Crippen LogP contribution in [-0.2, 0) is 72.6 Å². The molecule has 21 atom stereocenters. The number of likely N-dealkylation sites (tertiary alicyclic amines) is 2. The van der Waals surface area contributed by atoms with Gasteiger partial charge in [0.15, 0.2) is 18.2 Å². The maximum Gasteiger partial charge on any atom is 0.407 e. The van der Waals surface area contributed by atoms with Crippen molar-refractivity contribution in [3.63, 3.8) is 0 Å². The van der Waals surface area contributed by atoms with Gasteiger partial charge in [-0.05, 0) is 207 Å². The highest BCUT2D eigenvalue weighted by Gasteiger charge is 2.60. The second-order valence-electron chi connectivity index (χ2n) is 39.4. The largest absolute Gasteiger partial charge is 0.508 e. The minimum atomic E-state index is -1.64. The Morgan fingerprint density at radius 1 is 0.702 bits per heavy atom. The number of allylic oxidation sites excluding steroid dienone is 3. The lowest BCUT2D eigenvalue weighted by Gasteiger charge is -2.58. The standard InChI is InChI=1S/C100H136N14O15S2/c1-58(2)20-16-21-60(5)73-38-39-74-72-37-34-68-52-70(40-42-99(68,7)75(72)41-43-100(73,74)8)129-98(128)102-44-15-14-27-77-89(119)110-86(59(3)4)95(125)109-82(93(123)111-87(61(6)115)88(101)118)57-131-130-56-81(92(122)106-79(49-62-31-35-69(116)36-32-62)90(120)105-78(85(117)54-104-77)51-67-53-103-76-26-13-12-25-71(67)76)108-91(121)80(50-63-30-33-64-22-10-11-23-65(64)48-63)107-94(124)83-28-18-46-113(83)97(127)84-29-19-47-114(84)96(126)66-24-17-45-112(9)55-66/h10-13,17,22-26,30-36,45,48,53,55,58-61,70-84,86-87,103-104,115H,14-16,18-21,27-29,37-44,46-47,49-52,54,56-57H2,1-9H3,(H10-,101,102,105,106,107,108,109,110,111,116,118,119,120,121,122,123,124,125,128)/p+1. The van der Waals surface area contributed by atoms with Crippen LogP contribution in [-0.4, -0.2) is 207 Å².